The van der Waals surface area contributed by atoms with Gasteiger partial charge in [0, 0.05) is 29.3 Å². The van der Waals surface area contributed by atoms with Crippen molar-refractivity contribution in [2.45, 2.75) is 26.2 Å². The van der Waals surface area contributed by atoms with Crippen LogP contribution in [0.1, 0.15) is 33.7 Å². The molecule has 7 nitrogen and oxygen atoms in total. The number of carbonyl (C=O) groups is 1. The lowest BCUT2D eigenvalue weighted by molar-refractivity contribution is 0.102. The van der Waals surface area contributed by atoms with Crippen LogP contribution in [0.15, 0.2) is 67.0 Å². The molecule has 1 aliphatic carbocycles. The van der Waals surface area contributed by atoms with E-state index in [0.717, 1.165) is 36.2 Å². The molecule has 4 aromatic rings. The Balaban J connectivity index is 1.35. The second kappa shape index (κ2) is 8.02. The summed E-state index contributed by atoms with van der Waals surface area (Å²) in [4.78, 5) is 21.1. The van der Waals surface area contributed by atoms with E-state index in [1.807, 2.05) is 16.8 Å². The topological polar surface area (TPSA) is 81.9 Å². The van der Waals surface area contributed by atoms with E-state index in [4.69, 9.17) is 4.74 Å². The summed E-state index contributed by atoms with van der Waals surface area (Å²) in [6.07, 6.45) is 6.06. The largest absolute Gasteiger partial charge is 0.424 e. The summed E-state index contributed by atoms with van der Waals surface area (Å²) in [7, 11) is 0. The number of rotatable bonds is 5. The molecule has 0 saturated carbocycles. The van der Waals surface area contributed by atoms with Crippen molar-refractivity contribution in [3.05, 3.63) is 89.5 Å². The number of anilines is 1. The number of aryl methyl sites for hydroxylation is 1. The van der Waals surface area contributed by atoms with E-state index in [1.165, 1.54) is 5.56 Å². The van der Waals surface area contributed by atoms with Gasteiger partial charge in [-0.3, -0.25) is 4.79 Å². The molecule has 1 aliphatic rings. The van der Waals surface area contributed by atoms with Gasteiger partial charge >= 0.3 is 6.01 Å². The molecule has 2 aromatic carbocycles. The molecule has 0 aliphatic heterocycles. The monoisotopic (exact) mass is 411 g/mol. The van der Waals surface area contributed by atoms with Crippen molar-refractivity contribution in [2.75, 3.05) is 5.32 Å². The van der Waals surface area contributed by atoms with Crippen molar-refractivity contribution >= 4 is 11.6 Å². The van der Waals surface area contributed by atoms with E-state index in [1.54, 1.807) is 42.7 Å². The van der Waals surface area contributed by atoms with Crippen molar-refractivity contribution in [2.24, 2.45) is 0 Å². The van der Waals surface area contributed by atoms with Crippen molar-refractivity contribution in [3.63, 3.8) is 0 Å². The van der Waals surface area contributed by atoms with E-state index >= 15 is 0 Å². The molecule has 0 unspecified atom stereocenters. The summed E-state index contributed by atoms with van der Waals surface area (Å²) < 4.78 is 7.50. The van der Waals surface area contributed by atoms with Crippen LogP contribution < -0.4 is 10.1 Å². The Morgan fingerprint density at radius 1 is 1.00 bits per heavy atom. The van der Waals surface area contributed by atoms with Crippen molar-refractivity contribution < 1.29 is 9.53 Å². The maximum atomic E-state index is 13.0. The summed E-state index contributed by atoms with van der Waals surface area (Å²) in [6, 6.07) is 17.3. The second-order valence-electron chi connectivity index (χ2n) is 7.49. The molecule has 1 amide bonds. The number of carbonyl (C=O) groups excluding carboxylic acids is 1. The van der Waals surface area contributed by atoms with E-state index in [2.05, 4.69) is 39.4 Å². The number of nitrogens with one attached hydrogen (secondary N) is 1. The molecule has 7 heteroatoms. The van der Waals surface area contributed by atoms with Gasteiger partial charge in [0.1, 0.15) is 5.75 Å². The molecular formula is C24H21N5O2. The van der Waals surface area contributed by atoms with E-state index < -0.39 is 0 Å². The first-order chi connectivity index (χ1) is 15.2. The van der Waals surface area contributed by atoms with Crippen LogP contribution in [-0.4, -0.2) is 25.7 Å². The smallest absolute Gasteiger partial charge is 0.321 e. The van der Waals surface area contributed by atoms with Gasteiger partial charge in [-0.2, -0.15) is 5.10 Å². The number of nitrogens with zero attached hydrogens (tertiary/aromatic N) is 4. The van der Waals surface area contributed by atoms with Crippen molar-refractivity contribution in [1.82, 2.24) is 19.7 Å². The SMILES string of the molecule is Cc1ccc(-n2nc(C(=O)Nc3ccc(Oc4ncccn4)cc3)c3c2CCC3)cc1. The fraction of sp³-hybridized carbons (Fsp3) is 0.167. The number of aromatic nitrogens is 4. The third-order valence-corrected chi connectivity index (χ3v) is 5.29. The number of hydrogen-bond donors (Lipinski definition) is 1. The first-order valence-corrected chi connectivity index (χ1v) is 10.2. The van der Waals surface area contributed by atoms with Gasteiger partial charge in [0.05, 0.1) is 5.69 Å². The average Bonchev–Trinajstić information content (AvgIpc) is 3.39. The predicted octanol–water partition coefficient (Wildman–Crippen LogP) is 4.50. The standard InChI is InChI=1S/C24H21N5O2/c1-16-6-10-18(11-7-16)29-21-5-2-4-20(21)22(28-29)23(30)27-17-8-12-19(13-9-17)31-24-25-14-3-15-26-24/h3,6-15H,2,4-5H2,1H3,(H,27,30). The Labute approximate surface area is 179 Å². The maximum absolute atomic E-state index is 13.0. The van der Waals surface area contributed by atoms with Gasteiger partial charge in [-0.25, -0.2) is 14.6 Å². The van der Waals surface area contributed by atoms with Gasteiger partial charge in [-0.05, 0) is 68.7 Å². The molecule has 31 heavy (non-hydrogen) atoms. The van der Waals surface area contributed by atoms with Gasteiger partial charge in [0.2, 0.25) is 0 Å². The molecule has 0 radical (unpaired) electrons. The van der Waals surface area contributed by atoms with Gasteiger partial charge < -0.3 is 10.1 Å². The van der Waals surface area contributed by atoms with Crippen LogP contribution in [0.25, 0.3) is 5.69 Å². The normalized spacial score (nSPS) is 12.4. The van der Waals surface area contributed by atoms with E-state index in [0.29, 0.717) is 17.1 Å². The van der Waals surface area contributed by atoms with Crippen LogP contribution in [-0.2, 0) is 12.8 Å². The third kappa shape index (κ3) is 3.90. The van der Waals surface area contributed by atoms with E-state index in [-0.39, 0.29) is 11.9 Å². The Morgan fingerprint density at radius 3 is 2.48 bits per heavy atom. The Kier molecular flexibility index (Phi) is 4.92. The van der Waals surface area contributed by atoms with Gasteiger partial charge in [0.25, 0.3) is 5.91 Å². The number of ether oxygens (including phenoxy) is 1. The minimum absolute atomic E-state index is 0.205. The van der Waals surface area contributed by atoms with E-state index in [9.17, 15) is 4.79 Å². The lowest BCUT2D eigenvalue weighted by Gasteiger charge is -2.07. The van der Waals surface area contributed by atoms with Crippen molar-refractivity contribution in [1.29, 1.82) is 0 Å². The second-order valence-corrected chi connectivity index (χ2v) is 7.49. The number of benzene rings is 2. The Morgan fingerprint density at radius 2 is 1.74 bits per heavy atom. The zero-order valence-corrected chi connectivity index (χ0v) is 17.1. The van der Waals surface area contributed by atoms with Crippen LogP contribution in [0.4, 0.5) is 5.69 Å². The Hall–Kier alpha value is -4.00. The summed E-state index contributed by atoms with van der Waals surface area (Å²) in [5, 5.41) is 7.62. The minimum atomic E-state index is -0.205. The fourth-order valence-electron chi connectivity index (χ4n) is 3.76. The van der Waals surface area contributed by atoms with Crippen LogP contribution in [0.5, 0.6) is 11.8 Å². The molecule has 0 atom stereocenters. The van der Waals surface area contributed by atoms with Gasteiger partial charge in [0.15, 0.2) is 5.69 Å². The fourth-order valence-corrected chi connectivity index (χ4v) is 3.76. The molecule has 5 rings (SSSR count). The Bertz CT molecular complexity index is 1220. The van der Waals surface area contributed by atoms with Crippen LogP contribution in [0.2, 0.25) is 0 Å². The van der Waals surface area contributed by atoms with Crippen LogP contribution in [0, 0.1) is 6.92 Å². The van der Waals surface area contributed by atoms with Crippen molar-refractivity contribution in [3.8, 4) is 17.4 Å². The zero-order valence-electron chi connectivity index (χ0n) is 17.1. The number of amides is 1. The predicted molar refractivity (Wildman–Crippen MR) is 117 cm³/mol. The highest BCUT2D eigenvalue weighted by Gasteiger charge is 2.27. The van der Waals surface area contributed by atoms with Gasteiger partial charge in [-0.15, -0.1) is 0 Å². The summed E-state index contributed by atoms with van der Waals surface area (Å²) >= 11 is 0. The minimum Gasteiger partial charge on any atom is -0.424 e. The molecule has 0 fully saturated rings. The first kappa shape index (κ1) is 19.0. The molecule has 1 N–H and O–H groups in total. The van der Waals surface area contributed by atoms with Crippen LogP contribution in [0.3, 0.4) is 0 Å². The highest BCUT2D eigenvalue weighted by Crippen LogP contribution is 2.29. The lowest BCUT2D eigenvalue weighted by Crippen LogP contribution is -2.15. The molecule has 0 saturated heterocycles. The summed E-state index contributed by atoms with van der Waals surface area (Å²) in [5.41, 5.74) is 5.50. The maximum Gasteiger partial charge on any atom is 0.321 e. The molecular weight excluding hydrogens is 390 g/mol. The van der Waals surface area contributed by atoms with Crippen LogP contribution >= 0.6 is 0 Å². The molecule has 0 spiro atoms. The first-order valence-electron chi connectivity index (χ1n) is 10.2. The highest BCUT2D eigenvalue weighted by molar-refractivity contribution is 6.04. The quantitative estimate of drug-likeness (QED) is 0.523. The zero-order chi connectivity index (χ0) is 21.2. The molecule has 0 bridgehead atoms. The number of fused-ring (bicyclic) bond motifs is 1. The molecule has 2 heterocycles. The third-order valence-electron chi connectivity index (χ3n) is 5.29. The lowest BCUT2D eigenvalue weighted by atomic mass is 10.2. The highest BCUT2D eigenvalue weighted by atomic mass is 16.5. The molecule has 154 valence electrons. The van der Waals surface area contributed by atoms with Gasteiger partial charge in [-0.1, -0.05) is 17.7 Å². The molecule has 2 aromatic heterocycles. The summed E-state index contributed by atoms with van der Waals surface area (Å²) in [6.45, 7) is 2.05. The average molecular weight is 411 g/mol. The summed E-state index contributed by atoms with van der Waals surface area (Å²) in [5.74, 6) is 0.387. The number of hydrogen-bond acceptors (Lipinski definition) is 5.